The van der Waals surface area contributed by atoms with Gasteiger partial charge in [-0.05, 0) is 86.0 Å². The first-order chi connectivity index (χ1) is 19.6. The highest BCUT2D eigenvalue weighted by molar-refractivity contribution is 6.03. The number of benzene rings is 3. The molecular weight excluding hydrogens is 520 g/mol. The van der Waals surface area contributed by atoms with Gasteiger partial charge in [-0.3, -0.25) is 9.59 Å². The maximum Gasteiger partial charge on any atom is 0.410 e. The summed E-state index contributed by atoms with van der Waals surface area (Å²) in [5, 5.41) is 11.2. The molecule has 1 fully saturated rings. The van der Waals surface area contributed by atoms with E-state index in [0.29, 0.717) is 30.9 Å². The number of hydrogen-bond donors (Lipinski definition) is 0. The van der Waals surface area contributed by atoms with Crippen LogP contribution in [0, 0.1) is 11.3 Å². The summed E-state index contributed by atoms with van der Waals surface area (Å²) >= 11 is 0. The molecule has 41 heavy (non-hydrogen) atoms. The Morgan fingerprint density at radius 1 is 0.927 bits per heavy atom. The zero-order chi connectivity index (χ0) is 29.6. The maximum absolute atomic E-state index is 13.2. The van der Waals surface area contributed by atoms with E-state index in [1.165, 1.54) is 7.11 Å². The van der Waals surface area contributed by atoms with Crippen molar-refractivity contribution in [1.29, 1.82) is 5.26 Å². The van der Waals surface area contributed by atoms with Gasteiger partial charge in [0, 0.05) is 37.6 Å². The number of methoxy groups -OCH3 is 1. The number of carbonyl (C=O) groups excluding carboxylic acids is 3. The lowest BCUT2D eigenvalue weighted by atomic mass is 10.0. The van der Waals surface area contributed by atoms with Gasteiger partial charge in [-0.1, -0.05) is 18.2 Å². The molecular formula is C32H36N4O5. The van der Waals surface area contributed by atoms with E-state index in [0.717, 1.165) is 35.0 Å². The number of rotatable bonds is 6. The monoisotopic (exact) mass is 556 g/mol. The van der Waals surface area contributed by atoms with E-state index in [2.05, 4.69) is 11.0 Å². The van der Waals surface area contributed by atoms with Crippen molar-refractivity contribution in [3.63, 3.8) is 0 Å². The van der Waals surface area contributed by atoms with Gasteiger partial charge in [0.15, 0.2) is 0 Å². The van der Waals surface area contributed by atoms with Crippen molar-refractivity contribution in [3.8, 4) is 6.07 Å². The number of nitrogens with zero attached hydrogens (tertiary/aromatic N) is 4. The van der Waals surface area contributed by atoms with Crippen LogP contribution in [0.2, 0.25) is 0 Å². The third-order valence-electron chi connectivity index (χ3n) is 6.87. The average Bonchev–Trinajstić information content (AvgIpc) is 3.21. The lowest BCUT2D eigenvalue weighted by Crippen LogP contribution is -2.39. The number of esters is 1. The van der Waals surface area contributed by atoms with E-state index in [1.54, 1.807) is 15.9 Å². The summed E-state index contributed by atoms with van der Waals surface area (Å²) in [6.45, 7) is 8.45. The van der Waals surface area contributed by atoms with Crippen LogP contribution < -0.4 is 9.80 Å². The fourth-order valence-corrected chi connectivity index (χ4v) is 4.79. The first-order valence-electron chi connectivity index (χ1n) is 13.7. The number of nitriles is 1. The molecule has 3 aromatic rings. The van der Waals surface area contributed by atoms with Crippen LogP contribution in [0.1, 0.15) is 44.7 Å². The molecule has 0 saturated carbocycles. The Hall–Kier alpha value is -4.58. The van der Waals surface area contributed by atoms with E-state index < -0.39 is 11.6 Å². The summed E-state index contributed by atoms with van der Waals surface area (Å²) in [6.07, 6.45) is 0.129. The number of amides is 2. The number of fused-ring (bicyclic) bond motifs is 1. The summed E-state index contributed by atoms with van der Waals surface area (Å²) in [5.41, 5.74) is 2.52. The van der Waals surface area contributed by atoms with Crippen molar-refractivity contribution < 1.29 is 23.9 Å². The molecule has 9 heteroatoms. The predicted octanol–water partition coefficient (Wildman–Crippen LogP) is 5.25. The topological polar surface area (TPSA) is 103 Å². The van der Waals surface area contributed by atoms with Gasteiger partial charge < -0.3 is 24.2 Å². The molecule has 0 aromatic heterocycles. The van der Waals surface area contributed by atoms with Crippen LogP contribution in [0.4, 0.5) is 16.2 Å². The molecule has 0 spiro atoms. The lowest BCUT2D eigenvalue weighted by molar-refractivity contribution is -0.143. The number of ether oxygens (including phenoxy) is 2. The summed E-state index contributed by atoms with van der Waals surface area (Å²) in [6, 6.07) is 21.1. The minimum Gasteiger partial charge on any atom is -0.469 e. The molecule has 4 rings (SSSR count). The van der Waals surface area contributed by atoms with Crippen LogP contribution in [-0.2, 0) is 25.6 Å². The Morgan fingerprint density at radius 3 is 2.34 bits per heavy atom. The minimum absolute atomic E-state index is 0.246. The second-order valence-electron chi connectivity index (χ2n) is 11.1. The minimum atomic E-state index is -0.604. The van der Waals surface area contributed by atoms with Gasteiger partial charge in [-0.15, -0.1) is 0 Å². The van der Waals surface area contributed by atoms with Gasteiger partial charge >= 0.3 is 12.1 Å². The molecule has 0 aliphatic carbocycles. The zero-order valence-corrected chi connectivity index (χ0v) is 24.1. The van der Waals surface area contributed by atoms with Crippen molar-refractivity contribution in [2.45, 2.75) is 45.8 Å². The van der Waals surface area contributed by atoms with E-state index in [-0.39, 0.29) is 25.0 Å². The highest BCUT2D eigenvalue weighted by atomic mass is 16.6. The van der Waals surface area contributed by atoms with Gasteiger partial charge in [0.05, 0.1) is 25.3 Å². The Balaban J connectivity index is 1.52. The van der Waals surface area contributed by atoms with Gasteiger partial charge in [0.25, 0.3) is 0 Å². The second kappa shape index (κ2) is 12.7. The van der Waals surface area contributed by atoms with Gasteiger partial charge in [0.2, 0.25) is 5.91 Å². The van der Waals surface area contributed by atoms with Crippen molar-refractivity contribution in [2.75, 3.05) is 43.1 Å². The quantitative estimate of drug-likeness (QED) is 0.302. The van der Waals surface area contributed by atoms with Crippen molar-refractivity contribution >= 4 is 40.1 Å². The zero-order valence-electron chi connectivity index (χ0n) is 24.1. The summed E-state index contributed by atoms with van der Waals surface area (Å²) < 4.78 is 10.3. The molecule has 1 aliphatic heterocycles. The third kappa shape index (κ3) is 7.76. The van der Waals surface area contributed by atoms with Crippen molar-refractivity contribution in [3.05, 3.63) is 71.8 Å². The van der Waals surface area contributed by atoms with Crippen LogP contribution in [0.5, 0.6) is 0 Å². The third-order valence-corrected chi connectivity index (χ3v) is 6.87. The van der Waals surface area contributed by atoms with E-state index in [1.807, 2.05) is 75.4 Å². The van der Waals surface area contributed by atoms with Crippen molar-refractivity contribution in [1.82, 2.24) is 4.90 Å². The van der Waals surface area contributed by atoms with Crippen LogP contribution in [-0.4, -0.2) is 61.8 Å². The predicted molar refractivity (Wildman–Crippen MR) is 158 cm³/mol. The maximum atomic E-state index is 13.2. The van der Waals surface area contributed by atoms with Crippen LogP contribution in [0.15, 0.2) is 60.7 Å². The lowest BCUT2D eigenvalue weighted by Gasteiger charge is -2.27. The Bertz CT molecular complexity index is 1460. The SMILES string of the molecule is COC(=O)CC(=O)N(Cc1ccc2ccc(C#N)cc2c1)c1ccc(N2CCCN(C(=O)OC(C)(C)C)CC2)cc1. The smallest absolute Gasteiger partial charge is 0.410 e. The van der Waals surface area contributed by atoms with Gasteiger partial charge in [0.1, 0.15) is 12.0 Å². The molecule has 9 nitrogen and oxygen atoms in total. The number of anilines is 2. The average molecular weight is 557 g/mol. The highest BCUT2D eigenvalue weighted by Gasteiger charge is 2.25. The summed E-state index contributed by atoms with van der Waals surface area (Å²) in [4.78, 5) is 43.3. The summed E-state index contributed by atoms with van der Waals surface area (Å²) in [5.74, 6) is -0.980. The summed E-state index contributed by atoms with van der Waals surface area (Å²) in [7, 11) is 1.26. The second-order valence-corrected chi connectivity index (χ2v) is 11.1. The fourth-order valence-electron chi connectivity index (χ4n) is 4.79. The molecule has 1 aliphatic rings. The fraction of sp³-hybridized carbons (Fsp3) is 0.375. The first-order valence-corrected chi connectivity index (χ1v) is 13.7. The highest BCUT2D eigenvalue weighted by Crippen LogP contribution is 2.26. The number of carbonyl (C=O) groups is 3. The largest absolute Gasteiger partial charge is 0.469 e. The van der Waals surface area contributed by atoms with Gasteiger partial charge in [-0.2, -0.15) is 5.26 Å². The van der Waals surface area contributed by atoms with Crippen LogP contribution in [0.25, 0.3) is 10.8 Å². The normalized spacial score (nSPS) is 13.7. The van der Waals surface area contributed by atoms with E-state index in [4.69, 9.17) is 9.47 Å². The van der Waals surface area contributed by atoms with Gasteiger partial charge in [-0.25, -0.2) is 4.79 Å². The Labute approximate surface area is 240 Å². The number of hydrogen-bond acceptors (Lipinski definition) is 7. The Kier molecular flexibility index (Phi) is 9.13. The molecule has 0 N–H and O–H groups in total. The van der Waals surface area contributed by atoms with E-state index >= 15 is 0 Å². The molecule has 214 valence electrons. The molecule has 2 amide bonds. The molecule has 0 bridgehead atoms. The standard InChI is InChI=1S/C32H36N4O5/c1-32(2,3)41-31(39)35-15-5-14-34(16-17-35)27-10-12-28(13-11-27)36(29(37)20-30(38)40-4)22-24-7-9-25-8-6-23(21-33)18-26(25)19-24/h6-13,18-19H,5,14-17,20,22H2,1-4H3. The molecule has 0 unspecified atom stereocenters. The molecule has 0 radical (unpaired) electrons. The Morgan fingerprint density at radius 2 is 1.66 bits per heavy atom. The van der Waals surface area contributed by atoms with Crippen molar-refractivity contribution in [2.24, 2.45) is 0 Å². The molecule has 1 heterocycles. The van der Waals surface area contributed by atoms with Crippen LogP contribution in [0.3, 0.4) is 0 Å². The van der Waals surface area contributed by atoms with E-state index in [9.17, 15) is 19.6 Å². The first kappa shape index (κ1) is 29.4. The molecule has 0 atom stereocenters. The molecule has 3 aromatic carbocycles. The molecule has 1 saturated heterocycles. The van der Waals surface area contributed by atoms with Crippen LogP contribution >= 0.6 is 0 Å².